The predicted molar refractivity (Wildman–Crippen MR) is 27.2 cm³/mol. The Balaban J connectivity index is 2.57. The van der Waals surface area contributed by atoms with Crippen molar-refractivity contribution < 1.29 is 0 Å². The highest BCUT2D eigenvalue weighted by Crippen LogP contribution is 2.14. The molecular weight excluding hydrogens is 86.1 g/mol. The maximum Gasteiger partial charge on any atom is 0.0946 e. The first kappa shape index (κ1) is 4.39. The largest absolute Gasteiger partial charge is 0.193 e. The predicted octanol–water partition coefficient (Wildman–Crippen LogP) is 1.43. The van der Waals surface area contributed by atoms with E-state index in [1.165, 1.54) is 0 Å². The van der Waals surface area contributed by atoms with Gasteiger partial charge in [-0.3, -0.25) is 0 Å². The Morgan fingerprint density at radius 3 is 2.71 bits per heavy atom. The van der Waals surface area contributed by atoms with E-state index in [0.29, 0.717) is 0 Å². The molecule has 1 aliphatic carbocycles. The van der Waals surface area contributed by atoms with Gasteiger partial charge in [-0.05, 0) is 12.8 Å². The Hall–Kier alpha value is -0.770. The Labute approximate surface area is 43.3 Å². The van der Waals surface area contributed by atoms with E-state index < -0.39 is 0 Å². The van der Waals surface area contributed by atoms with E-state index in [0.717, 1.165) is 18.4 Å². The lowest BCUT2D eigenvalue weighted by Crippen LogP contribution is -1.66. The van der Waals surface area contributed by atoms with Gasteiger partial charge in [-0.2, -0.15) is 5.26 Å². The van der Waals surface area contributed by atoms with Gasteiger partial charge in [0.2, 0.25) is 0 Å². The molecule has 1 nitrogen and oxygen atoms in total. The summed E-state index contributed by atoms with van der Waals surface area (Å²) < 4.78 is 0. The molecule has 0 aliphatic heterocycles. The average Bonchev–Trinajstić information content (AvgIpc) is 2.14. The molecule has 1 aliphatic rings. The molecule has 0 heterocycles. The lowest BCUT2D eigenvalue weighted by molar-refractivity contribution is 1.06. The normalized spacial score (nSPS) is 18.4. The van der Waals surface area contributed by atoms with Gasteiger partial charge < -0.3 is 0 Å². The maximum atomic E-state index is 8.22. The smallest absolute Gasteiger partial charge is 0.0946 e. The molecule has 1 rings (SSSR count). The van der Waals surface area contributed by atoms with Crippen molar-refractivity contribution in [1.29, 1.82) is 5.26 Å². The summed E-state index contributed by atoms with van der Waals surface area (Å²) in [6.07, 6.45) is 6.03. The first-order valence-corrected chi connectivity index (χ1v) is 2.37. The first-order valence-electron chi connectivity index (χ1n) is 2.37. The van der Waals surface area contributed by atoms with Gasteiger partial charge in [-0.1, -0.05) is 6.08 Å². The van der Waals surface area contributed by atoms with Gasteiger partial charge in [0.05, 0.1) is 6.07 Å². The van der Waals surface area contributed by atoms with Crippen LogP contribution in [-0.2, 0) is 0 Å². The molecule has 0 amide bonds. The van der Waals surface area contributed by atoms with Gasteiger partial charge in [0.15, 0.2) is 0 Å². The highest BCUT2D eigenvalue weighted by Gasteiger charge is 2.00. The summed E-state index contributed by atoms with van der Waals surface area (Å²) in [5.41, 5.74) is 0.847. The van der Waals surface area contributed by atoms with Gasteiger partial charge in [-0.15, -0.1) is 0 Å². The van der Waals surface area contributed by atoms with Crippen LogP contribution in [0.5, 0.6) is 0 Å². The molecule has 0 fully saturated rings. The molecular formula is C6H6N. The van der Waals surface area contributed by atoms with E-state index in [1.54, 1.807) is 0 Å². The standard InChI is InChI=1S/C6H6N/c7-5-6-3-1-2-4-6/h3-4H,1-2H2. The molecule has 0 aromatic heterocycles. The van der Waals surface area contributed by atoms with Crippen LogP contribution in [0.2, 0.25) is 0 Å². The molecule has 0 saturated heterocycles. The second-order valence-electron chi connectivity index (χ2n) is 1.55. The van der Waals surface area contributed by atoms with E-state index in [2.05, 4.69) is 6.07 Å². The minimum atomic E-state index is 0.847. The van der Waals surface area contributed by atoms with Crippen molar-refractivity contribution in [3.63, 3.8) is 0 Å². The first-order chi connectivity index (χ1) is 3.43. The summed E-state index contributed by atoms with van der Waals surface area (Å²) in [5.74, 6) is 0. The molecule has 1 radical (unpaired) electrons. The van der Waals surface area contributed by atoms with Crippen LogP contribution in [0.4, 0.5) is 0 Å². The van der Waals surface area contributed by atoms with Crippen LogP contribution in [0.3, 0.4) is 0 Å². The Bertz CT molecular complexity index is 128. The van der Waals surface area contributed by atoms with Crippen LogP contribution < -0.4 is 0 Å². The van der Waals surface area contributed by atoms with Crippen molar-refractivity contribution in [3.8, 4) is 6.07 Å². The Morgan fingerprint density at radius 1 is 1.57 bits per heavy atom. The van der Waals surface area contributed by atoms with Crippen molar-refractivity contribution in [3.05, 3.63) is 18.1 Å². The number of hydrogen-bond acceptors (Lipinski definition) is 1. The number of nitrogens with zero attached hydrogens (tertiary/aromatic N) is 1. The van der Waals surface area contributed by atoms with Crippen LogP contribution in [0.25, 0.3) is 0 Å². The van der Waals surface area contributed by atoms with Crippen LogP contribution in [0, 0.1) is 17.8 Å². The molecule has 0 aromatic rings. The molecule has 0 spiro atoms. The number of nitriles is 1. The topological polar surface area (TPSA) is 23.8 Å². The number of rotatable bonds is 0. The van der Waals surface area contributed by atoms with Crippen molar-refractivity contribution in [2.45, 2.75) is 12.8 Å². The SMILES string of the molecule is N#CC1=CCC[CH]1. The van der Waals surface area contributed by atoms with E-state index >= 15 is 0 Å². The van der Waals surface area contributed by atoms with E-state index in [1.807, 2.05) is 12.5 Å². The zero-order chi connectivity index (χ0) is 5.11. The minimum absolute atomic E-state index is 0.847. The highest BCUT2D eigenvalue weighted by atomic mass is 14.2. The van der Waals surface area contributed by atoms with Crippen molar-refractivity contribution in [2.24, 2.45) is 0 Å². The summed E-state index contributed by atoms with van der Waals surface area (Å²) in [6.45, 7) is 0. The summed E-state index contributed by atoms with van der Waals surface area (Å²) in [5, 5.41) is 8.22. The van der Waals surface area contributed by atoms with Crippen molar-refractivity contribution in [2.75, 3.05) is 0 Å². The zero-order valence-electron chi connectivity index (χ0n) is 4.02. The molecule has 7 heavy (non-hydrogen) atoms. The third-order valence-electron chi connectivity index (χ3n) is 1.02. The maximum absolute atomic E-state index is 8.22. The zero-order valence-corrected chi connectivity index (χ0v) is 4.02. The monoisotopic (exact) mass is 92.1 g/mol. The van der Waals surface area contributed by atoms with E-state index in [4.69, 9.17) is 5.26 Å². The third-order valence-corrected chi connectivity index (χ3v) is 1.02. The second-order valence-corrected chi connectivity index (χ2v) is 1.55. The van der Waals surface area contributed by atoms with Crippen molar-refractivity contribution >= 4 is 0 Å². The summed E-state index contributed by atoms with van der Waals surface area (Å²) in [7, 11) is 0. The molecule has 0 aromatic carbocycles. The average molecular weight is 92.1 g/mol. The fourth-order valence-electron chi connectivity index (χ4n) is 0.652. The lowest BCUT2D eigenvalue weighted by Gasteiger charge is -1.75. The minimum Gasteiger partial charge on any atom is -0.193 e. The van der Waals surface area contributed by atoms with E-state index in [9.17, 15) is 0 Å². The van der Waals surface area contributed by atoms with E-state index in [-0.39, 0.29) is 0 Å². The van der Waals surface area contributed by atoms with Gasteiger partial charge in [0.25, 0.3) is 0 Å². The molecule has 0 bridgehead atoms. The summed E-state index contributed by atoms with van der Waals surface area (Å²) in [4.78, 5) is 0. The number of allylic oxidation sites excluding steroid dienone is 2. The molecule has 35 valence electrons. The van der Waals surface area contributed by atoms with Gasteiger partial charge in [-0.25, -0.2) is 0 Å². The fraction of sp³-hybridized carbons (Fsp3) is 0.333. The van der Waals surface area contributed by atoms with Gasteiger partial charge in [0.1, 0.15) is 0 Å². The molecule has 0 atom stereocenters. The van der Waals surface area contributed by atoms with Crippen LogP contribution in [-0.4, -0.2) is 0 Å². The summed E-state index contributed by atoms with van der Waals surface area (Å²) in [6, 6.07) is 2.07. The molecule has 0 unspecified atom stereocenters. The molecule has 0 saturated carbocycles. The fourth-order valence-corrected chi connectivity index (χ4v) is 0.652. The third kappa shape index (κ3) is 0.806. The van der Waals surface area contributed by atoms with Crippen LogP contribution >= 0.6 is 0 Å². The number of hydrogen-bond donors (Lipinski definition) is 0. The Kier molecular flexibility index (Phi) is 1.12. The van der Waals surface area contributed by atoms with Gasteiger partial charge >= 0.3 is 0 Å². The van der Waals surface area contributed by atoms with Gasteiger partial charge in [0, 0.05) is 12.0 Å². The quantitative estimate of drug-likeness (QED) is 0.443. The van der Waals surface area contributed by atoms with Crippen LogP contribution in [0.15, 0.2) is 11.6 Å². The molecule has 1 heteroatoms. The second kappa shape index (κ2) is 1.79. The highest BCUT2D eigenvalue weighted by molar-refractivity contribution is 5.32. The van der Waals surface area contributed by atoms with Crippen LogP contribution in [0.1, 0.15) is 12.8 Å². The van der Waals surface area contributed by atoms with Crippen molar-refractivity contribution in [1.82, 2.24) is 0 Å². The summed E-state index contributed by atoms with van der Waals surface area (Å²) >= 11 is 0. The Morgan fingerprint density at radius 2 is 2.43 bits per heavy atom. The lowest BCUT2D eigenvalue weighted by atomic mass is 10.3. The molecule has 0 N–H and O–H groups in total.